The Morgan fingerprint density at radius 3 is 2.71 bits per heavy atom. The molecule has 0 spiro atoms. The van der Waals surface area contributed by atoms with Crippen LogP contribution in [0, 0.1) is 0 Å². The molecule has 116 valence electrons. The summed E-state index contributed by atoms with van der Waals surface area (Å²) in [5.41, 5.74) is 9.13. The second kappa shape index (κ2) is 5.65. The highest BCUT2D eigenvalue weighted by atomic mass is 16.5. The number of nitrogen functional groups attached to an aromatic ring is 1. The fourth-order valence-corrected chi connectivity index (χ4v) is 3.13. The highest BCUT2D eigenvalue weighted by molar-refractivity contribution is 5.78. The average molecular weight is 292 g/mol. The molecular formula is C14H24N6O. The van der Waals surface area contributed by atoms with Gasteiger partial charge < -0.3 is 10.5 Å². The number of anilines is 1. The summed E-state index contributed by atoms with van der Waals surface area (Å²) < 4.78 is 9.41. The molecule has 7 heteroatoms. The van der Waals surface area contributed by atoms with E-state index in [-0.39, 0.29) is 6.04 Å². The quantitative estimate of drug-likeness (QED) is 0.902. The Kier molecular flexibility index (Phi) is 3.86. The SMILES string of the molecule is CCc1nn(C)c2c1nc(N)n2C(C)CN1CCOCC1. The minimum absolute atomic E-state index is 0.258. The Balaban J connectivity index is 1.91. The molecule has 2 aromatic rings. The maximum atomic E-state index is 6.16. The van der Waals surface area contributed by atoms with Gasteiger partial charge in [-0.15, -0.1) is 0 Å². The lowest BCUT2D eigenvalue weighted by Crippen LogP contribution is -2.39. The molecule has 1 aliphatic heterocycles. The van der Waals surface area contributed by atoms with E-state index in [9.17, 15) is 0 Å². The van der Waals surface area contributed by atoms with E-state index in [1.165, 1.54) is 0 Å². The highest BCUT2D eigenvalue weighted by Crippen LogP contribution is 2.25. The number of fused-ring (bicyclic) bond motifs is 1. The molecule has 0 saturated carbocycles. The molecule has 1 fully saturated rings. The van der Waals surface area contributed by atoms with E-state index >= 15 is 0 Å². The predicted molar refractivity (Wildman–Crippen MR) is 82.3 cm³/mol. The molecule has 0 aliphatic carbocycles. The van der Waals surface area contributed by atoms with Crippen LogP contribution in [0.1, 0.15) is 25.6 Å². The van der Waals surface area contributed by atoms with Crippen molar-refractivity contribution in [2.24, 2.45) is 7.05 Å². The summed E-state index contributed by atoms with van der Waals surface area (Å²) in [6, 6.07) is 0.258. The number of morpholine rings is 1. The van der Waals surface area contributed by atoms with Crippen molar-refractivity contribution in [1.29, 1.82) is 0 Å². The molecule has 2 N–H and O–H groups in total. The lowest BCUT2D eigenvalue weighted by atomic mass is 10.2. The van der Waals surface area contributed by atoms with Crippen molar-refractivity contribution in [1.82, 2.24) is 24.2 Å². The van der Waals surface area contributed by atoms with Crippen LogP contribution < -0.4 is 5.73 Å². The Morgan fingerprint density at radius 2 is 2.05 bits per heavy atom. The van der Waals surface area contributed by atoms with E-state index in [1.54, 1.807) is 0 Å². The van der Waals surface area contributed by atoms with Crippen LogP contribution in [0.15, 0.2) is 0 Å². The van der Waals surface area contributed by atoms with Crippen molar-refractivity contribution in [3.63, 3.8) is 0 Å². The maximum Gasteiger partial charge on any atom is 0.202 e. The second-order valence-corrected chi connectivity index (χ2v) is 5.70. The number of hydrogen-bond donors (Lipinski definition) is 1. The van der Waals surface area contributed by atoms with E-state index in [1.807, 2.05) is 11.7 Å². The van der Waals surface area contributed by atoms with Gasteiger partial charge in [0.25, 0.3) is 0 Å². The summed E-state index contributed by atoms with van der Waals surface area (Å²) >= 11 is 0. The molecule has 2 aromatic heterocycles. The van der Waals surface area contributed by atoms with Crippen molar-refractivity contribution >= 4 is 17.1 Å². The Labute approximate surface area is 124 Å². The second-order valence-electron chi connectivity index (χ2n) is 5.70. The Hall–Kier alpha value is -1.60. The number of nitrogens with zero attached hydrogens (tertiary/aromatic N) is 5. The summed E-state index contributed by atoms with van der Waals surface area (Å²) in [6.45, 7) is 8.81. The lowest BCUT2D eigenvalue weighted by molar-refractivity contribution is 0.0328. The van der Waals surface area contributed by atoms with Gasteiger partial charge in [-0.25, -0.2) is 4.98 Å². The standard InChI is InChI=1S/C14H24N6O/c1-4-11-12-13(18(3)17-11)20(14(15)16-12)10(2)9-19-5-7-21-8-6-19/h10H,4-9H2,1-3H3,(H2,15,16). The number of rotatable bonds is 4. The van der Waals surface area contributed by atoms with Gasteiger partial charge in [0, 0.05) is 32.7 Å². The zero-order valence-corrected chi connectivity index (χ0v) is 13.0. The van der Waals surface area contributed by atoms with Gasteiger partial charge >= 0.3 is 0 Å². The van der Waals surface area contributed by atoms with Crippen LogP contribution in [0.2, 0.25) is 0 Å². The zero-order valence-electron chi connectivity index (χ0n) is 13.0. The molecule has 1 aliphatic rings. The van der Waals surface area contributed by atoms with E-state index < -0.39 is 0 Å². The third-order valence-corrected chi connectivity index (χ3v) is 4.17. The van der Waals surface area contributed by atoms with Gasteiger partial charge in [0.05, 0.1) is 18.9 Å². The van der Waals surface area contributed by atoms with Crippen molar-refractivity contribution in [2.75, 3.05) is 38.6 Å². The summed E-state index contributed by atoms with van der Waals surface area (Å²) in [7, 11) is 1.96. The minimum atomic E-state index is 0.258. The molecule has 3 heterocycles. The highest BCUT2D eigenvalue weighted by Gasteiger charge is 2.22. The summed E-state index contributed by atoms with van der Waals surface area (Å²) in [4.78, 5) is 6.95. The normalized spacial score (nSPS) is 18.4. The van der Waals surface area contributed by atoms with Crippen LogP contribution >= 0.6 is 0 Å². The number of aromatic nitrogens is 4. The van der Waals surface area contributed by atoms with Crippen LogP contribution in [0.4, 0.5) is 5.95 Å². The van der Waals surface area contributed by atoms with Gasteiger partial charge in [-0.1, -0.05) is 6.92 Å². The largest absolute Gasteiger partial charge is 0.379 e. The molecule has 21 heavy (non-hydrogen) atoms. The third kappa shape index (κ3) is 2.51. The predicted octanol–water partition coefficient (Wildman–Crippen LogP) is 0.808. The van der Waals surface area contributed by atoms with Crippen molar-refractivity contribution in [2.45, 2.75) is 26.3 Å². The average Bonchev–Trinajstić information content (AvgIpc) is 2.96. The maximum absolute atomic E-state index is 6.16. The molecule has 0 amide bonds. The first kappa shape index (κ1) is 14.3. The topological polar surface area (TPSA) is 74.1 Å². The first-order valence-corrected chi connectivity index (χ1v) is 7.61. The number of ether oxygens (including phenoxy) is 1. The molecule has 3 rings (SSSR count). The number of hydrogen-bond acceptors (Lipinski definition) is 5. The summed E-state index contributed by atoms with van der Waals surface area (Å²) in [5.74, 6) is 0.577. The fraction of sp³-hybridized carbons (Fsp3) is 0.714. The van der Waals surface area contributed by atoms with Gasteiger partial charge in [-0.05, 0) is 13.3 Å². The van der Waals surface area contributed by atoms with Crippen molar-refractivity contribution in [3.05, 3.63) is 5.69 Å². The van der Waals surface area contributed by atoms with Crippen LogP contribution in [0.3, 0.4) is 0 Å². The van der Waals surface area contributed by atoms with Crippen molar-refractivity contribution in [3.8, 4) is 0 Å². The molecule has 1 unspecified atom stereocenters. The number of nitrogens with two attached hydrogens (primary N) is 1. The fourth-order valence-electron chi connectivity index (χ4n) is 3.13. The Bertz CT molecular complexity index is 625. The Morgan fingerprint density at radius 1 is 1.33 bits per heavy atom. The van der Waals surface area contributed by atoms with E-state index in [4.69, 9.17) is 10.5 Å². The van der Waals surface area contributed by atoms with Gasteiger partial charge in [0.15, 0.2) is 5.65 Å². The summed E-state index contributed by atoms with van der Waals surface area (Å²) in [5, 5.41) is 4.54. The van der Waals surface area contributed by atoms with Gasteiger partial charge in [-0.2, -0.15) is 5.10 Å². The molecule has 1 atom stereocenters. The van der Waals surface area contributed by atoms with Crippen LogP contribution in [0.5, 0.6) is 0 Å². The number of imidazole rings is 1. The monoisotopic (exact) mass is 292 g/mol. The summed E-state index contributed by atoms with van der Waals surface area (Å²) in [6.07, 6.45) is 0.867. The first-order valence-electron chi connectivity index (χ1n) is 7.61. The van der Waals surface area contributed by atoms with Gasteiger partial charge in [0.2, 0.25) is 5.95 Å². The van der Waals surface area contributed by atoms with Gasteiger partial charge in [0.1, 0.15) is 5.52 Å². The molecular weight excluding hydrogens is 268 g/mol. The van der Waals surface area contributed by atoms with E-state index in [0.717, 1.165) is 56.1 Å². The van der Waals surface area contributed by atoms with E-state index in [2.05, 4.69) is 33.4 Å². The minimum Gasteiger partial charge on any atom is -0.379 e. The molecule has 1 saturated heterocycles. The van der Waals surface area contributed by atoms with Gasteiger partial charge in [-0.3, -0.25) is 14.1 Å². The molecule has 0 radical (unpaired) electrons. The third-order valence-electron chi connectivity index (χ3n) is 4.17. The van der Waals surface area contributed by atoms with E-state index in [0.29, 0.717) is 5.95 Å². The first-order chi connectivity index (χ1) is 10.1. The van der Waals surface area contributed by atoms with Crippen LogP contribution in [-0.4, -0.2) is 57.1 Å². The zero-order chi connectivity index (χ0) is 15.0. The van der Waals surface area contributed by atoms with Crippen LogP contribution in [-0.2, 0) is 18.2 Å². The van der Waals surface area contributed by atoms with Crippen molar-refractivity contribution < 1.29 is 4.74 Å². The number of aryl methyl sites for hydroxylation is 2. The smallest absolute Gasteiger partial charge is 0.202 e. The molecule has 7 nitrogen and oxygen atoms in total. The lowest BCUT2D eigenvalue weighted by Gasteiger charge is -2.29. The molecule has 0 bridgehead atoms. The molecule has 0 aromatic carbocycles. The van der Waals surface area contributed by atoms with Crippen LogP contribution in [0.25, 0.3) is 11.2 Å².